The number of ether oxygens (including phenoxy) is 1. The summed E-state index contributed by atoms with van der Waals surface area (Å²) in [5.41, 5.74) is 3.02. The summed E-state index contributed by atoms with van der Waals surface area (Å²) in [6.07, 6.45) is 1.55. The number of amides is 1. The first-order chi connectivity index (χ1) is 11.0. The summed E-state index contributed by atoms with van der Waals surface area (Å²) in [4.78, 5) is 21.9. The molecule has 7 heteroatoms. The summed E-state index contributed by atoms with van der Waals surface area (Å²) in [6.45, 7) is 4.42. The predicted octanol–water partition coefficient (Wildman–Crippen LogP) is 3.92. The Morgan fingerprint density at radius 2 is 2.26 bits per heavy atom. The van der Waals surface area contributed by atoms with Gasteiger partial charge < -0.3 is 9.72 Å². The maximum atomic E-state index is 12.8. The van der Waals surface area contributed by atoms with E-state index >= 15 is 0 Å². The van der Waals surface area contributed by atoms with Crippen molar-refractivity contribution in [3.8, 4) is 0 Å². The van der Waals surface area contributed by atoms with Crippen molar-refractivity contribution in [1.82, 2.24) is 9.97 Å². The topological polar surface area (TPSA) is 58.2 Å². The lowest BCUT2D eigenvalue weighted by atomic mass is 9.99. The van der Waals surface area contributed by atoms with E-state index in [1.165, 1.54) is 0 Å². The van der Waals surface area contributed by atoms with Crippen molar-refractivity contribution in [1.29, 1.82) is 0 Å². The van der Waals surface area contributed by atoms with E-state index in [4.69, 9.17) is 27.9 Å². The molecule has 3 rings (SSSR count). The maximum absolute atomic E-state index is 12.8. The lowest BCUT2D eigenvalue weighted by Crippen LogP contribution is -2.34. The van der Waals surface area contributed by atoms with Crippen LogP contribution in [0.3, 0.4) is 0 Å². The number of benzene rings is 1. The molecule has 2 heterocycles. The van der Waals surface area contributed by atoms with Gasteiger partial charge in [0.1, 0.15) is 6.07 Å². The zero-order valence-corrected chi connectivity index (χ0v) is 14.4. The first-order valence-corrected chi connectivity index (χ1v) is 8.22. The highest BCUT2D eigenvalue weighted by Gasteiger charge is 2.43. The number of imidazole rings is 1. The molecule has 23 heavy (non-hydrogen) atoms. The molecule has 122 valence electrons. The number of anilines is 1. The number of aryl methyl sites for hydroxylation is 1. The van der Waals surface area contributed by atoms with Crippen LogP contribution in [0.2, 0.25) is 5.02 Å². The Hall–Kier alpha value is -1.56. The Morgan fingerprint density at radius 3 is 3.00 bits per heavy atom. The molecule has 0 bridgehead atoms. The van der Waals surface area contributed by atoms with Crippen molar-refractivity contribution in [2.45, 2.75) is 19.9 Å². The van der Waals surface area contributed by atoms with Crippen LogP contribution in [-0.2, 0) is 4.74 Å². The van der Waals surface area contributed by atoms with E-state index in [2.05, 4.69) is 9.97 Å². The lowest BCUT2D eigenvalue weighted by Gasteiger charge is -2.30. The monoisotopic (exact) mass is 353 g/mol. The summed E-state index contributed by atoms with van der Waals surface area (Å²) in [5, 5.41) is 0.588. The van der Waals surface area contributed by atoms with E-state index in [-0.39, 0.29) is 23.9 Å². The van der Waals surface area contributed by atoms with Crippen LogP contribution in [0.4, 0.5) is 5.69 Å². The van der Waals surface area contributed by atoms with Crippen molar-refractivity contribution in [3.63, 3.8) is 0 Å². The number of H-pyrrole nitrogens is 1. The molecule has 2 unspecified atom stereocenters. The van der Waals surface area contributed by atoms with Crippen LogP contribution < -0.4 is 4.90 Å². The van der Waals surface area contributed by atoms with Crippen LogP contribution in [0.5, 0.6) is 0 Å². The molecular formula is C16H17Cl2N3O2. The Kier molecular flexibility index (Phi) is 4.62. The van der Waals surface area contributed by atoms with E-state index in [0.29, 0.717) is 17.3 Å². The third-order valence-corrected chi connectivity index (χ3v) is 4.48. The fourth-order valence-corrected chi connectivity index (χ4v) is 3.29. The summed E-state index contributed by atoms with van der Waals surface area (Å²) in [5.74, 6) is -0.0906. The van der Waals surface area contributed by atoms with Crippen molar-refractivity contribution in [2.75, 3.05) is 17.6 Å². The van der Waals surface area contributed by atoms with Crippen molar-refractivity contribution in [3.05, 3.63) is 46.5 Å². The van der Waals surface area contributed by atoms with Crippen LogP contribution in [0.15, 0.2) is 24.5 Å². The number of hydrogen-bond donors (Lipinski definition) is 1. The second-order valence-corrected chi connectivity index (χ2v) is 6.33. The number of carbonyl (C=O) groups excluding carboxylic acids is 1. The average molecular weight is 354 g/mol. The van der Waals surface area contributed by atoms with E-state index < -0.39 is 0 Å². The Labute approximate surface area is 144 Å². The third kappa shape index (κ3) is 2.84. The van der Waals surface area contributed by atoms with E-state index in [1.54, 1.807) is 11.2 Å². The van der Waals surface area contributed by atoms with Gasteiger partial charge in [-0.15, -0.1) is 0 Å². The molecule has 0 saturated carbocycles. The van der Waals surface area contributed by atoms with Crippen LogP contribution in [0.25, 0.3) is 0 Å². The zero-order valence-electron chi connectivity index (χ0n) is 12.8. The number of aromatic amines is 1. The maximum Gasteiger partial charge on any atom is 0.279 e. The van der Waals surface area contributed by atoms with Gasteiger partial charge in [-0.2, -0.15) is 0 Å². The van der Waals surface area contributed by atoms with Gasteiger partial charge in [-0.3, -0.25) is 9.69 Å². The van der Waals surface area contributed by atoms with E-state index in [9.17, 15) is 4.79 Å². The molecule has 1 aliphatic heterocycles. The summed E-state index contributed by atoms with van der Waals surface area (Å²) < 4.78 is 5.34. The van der Waals surface area contributed by atoms with Gasteiger partial charge in [0.25, 0.3) is 5.91 Å². The van der Waals surface area contributed by atoms with Crippen LogP contribution in [-0.4, -0.2) is 28.5 Å². The van der Waals surface area contributed by atoms with Crippen LogP contribution in [0.1, 0.15) is 34.7 Å². The second-order valence-electron chi connectivity index (χ2n) is 5.67. The average Bonchev–Trinajstić information content (AvgIpc) is 3.10. The number of hydrogen-bond acceptors (Lipinski definition) is 3. The van der Waals surface area contributed by atoms with Gasteiger partial charge >= 0.3 is 0 Å². The molecule has 0 aliphatic carbocycles. The lowest BCUT2D eigenvalue weighted by molar-refractivity contribution is 0.0960. The Balaban J connectivity index is 2.05. The Morgan fingerprint density at radius 1 is 1.48 bits per heavy atom. The molecular weight excluding hydrogens is 337 g/mol. The first-order valence-electron chi connectivity index (χ1n) is 7.31. The largest absolute Gasteiger partial charge is 0.365 e. The number of halogens is 2. The molecule has 1 N–H and O–H groups in total. The first kappa shape index (κ1) is 16.3. The number of alkyl halides is 1. The minimum absolute atomic E-state index is 0.0396. The quantitative estimate of drug-likeness (QED) is 0.828. The fraction of sp³-hybridized carbons (Fsp3) is 0.375. The number of nitrogens with one attached hydrogen (secondary N) is 1. The molecule has 0 fully saturated rings. The minimum atomic E-state index is -0.194. The molecule has 1 aliphatic rings. The number of carbonyl (C=O) groups is 1. The van der Waals surface area contributed by atoms with Gasteiger partial charge in [0.05, 0.1) is 24.7 Å². The highest BCUT2D eigenvalue weighted by molar-refractivity contribution is 6.31. The highest BCUT2D eigenvalue weighted by atomic mass is 35.5. The van der Waals surface area contributed by atoms with Gasteiger partial charge in [0.2, 0.25) is 0 Å². The summed E-state index contributed by atoms with van der Waals surface area (Å²) in [6, 6.07) is 5.45. The van der Waals surface area contributed by atoms with E-state index in [1.807, 2.05) is 32.0 Å². The Bertz CT molecular complexity index is 732. The molecule has 0 saturated heterocycles. The third-order valence-electron chi connectivity index (χ3n) is 4.09. The summed E-state index contributed by atoms with van der Waals surface area (Å²) >= 11 is 11.8. The van der Waals surface area contributed by atoms with Gasteiger partial charge in [0.15, 0.2) is 5.69 Å². The molecule has 1 amide bonds. The molecule has 2 atom stereocenters. The number of fused-ring (bicyclic) bond motifs is 1. The number of nitrogens with zero attached hydrogens (tertiary/aromatic N) is 2. The smallest absolute Gasteiger partial charge is 0.279 e. The number of aromatic nitrogens is 2. The van der Waals surface area contributed by atoms with Crippen molar-refractivity contribution >= 4 is 34.8 Å². The highest BCUT2D eigenvalue weighted by Crippen LogP contribution is 2.42. The molecule has 5 nitrogen and oxygen atoms in total. The molecule has 0 radical (unpaired) electrons. The van der Waals surface area contributed by atoms with Gasteiger partial charge in [-0.25, -0.2) is 4.98 Å². The molecule has 0 spiro atoms. The van der Waals surface area contributed by atoms with Crippen molar-refractivity contribution in [2.24, 2.45) is 5.92 Å². The molecule has 2 aromatic rings. The standard InChI is InChI=1S/C16H17Cl2N3O2/c1-9-3-4-11(18)5-12(9)21-15(10(2)6-23-7-17)13-14(16(21)22)20-8-19-13/h3-5,8,10,15H,6-7H2,1-2H3,(H,19,20). The fourth-order valence-electron chi connectivity index (χ4n) is 3.03. The molecule has 1 aromatic carbocycles. The van der Waals surface area contributed by atoms with Gasteiger partial charge in [0, 0.05) is 16.6 Å². The van der Waals surface area contributed by atoms with Gasteiger partial charge in [-0.1, -0.05) is 36.2 Å². The number of rotatable bonds is 5. The van der Waals surface area contributed by atoms with E-state index in [0.717, 1.165) is 16.9 Å². The second kappa shape index (κ2) is 6.51. The zero-order chi connectivity index (χ0) is 16.6. The predicted molar refractivity (Wildman–Crippen MR) is 90.2 cm³/mol. The summed E-state index contributed by atoms with van der Waals surface area (Å²) in [7, 11) is 0. The van der Waals surface area contributed by atoms with Crippen molar-refractivity contribution < 1.29 is 9.53 Å². The minimum Gasteiger partial charge on any atom is -0.365 e. The molecule has 1 aromatic heterocycles. The van der Waals surface area contributed by atoms with Gasteiger partial charge in [-0.05, 0) is 24.6 Å². The normalized spacial score (nSPS) is 18.3. The van der Waals surface area contributed by atoms with Crippen LogP contribution in [0, 0.1) is 12.8 Å². The van der Waals surface area contributed by atoms with Crippen LogP contribution >= 0.6 is 23.2 Å². The SMILES string of the molecule is Cc1ccc(Cl)cc1N1C(=O)c2nc[nH]c2C1C(C)COCCl.